The molecule has 5 atom stereocenters. The number of fused-ring (bicyclic) bond motifs is 1. The van der Waals surface area contributed by atoms with Gasteiger partial charge in [-0.2, -0.15) is 14.6 Å². The Labute approximate surface area is 193 Å². The maximum atomic E-state index is 11.5. The largest absolute Gasteiger partial charge is 0.387 e. The van der Waals surface area contributed by atoms with E-state index in [0.29, 0.717) is 11.3 Å². The molecule has 14 nitrogen and oxygen atoms in total. The Morgan fingerprint density at radius 2 is 2.00 bits per heavy atom. The van der Waals surface area contributed by atoms with Crippen molar-refractivity contribution in [2.45, 2.75) is 62.1 Å². The van der Waals surface area contributed by atoms with Gasteiger partial charge in [-0.1, -0.05) is 18.1 Å². The first-order valence-electron chi connectivity index (χ1n) is 10.4. The summed E-state index contributed by atoms with van der Waals surface area (Å²) in [6.45, 7) is -0.774. The van der Waals surface area contributed by atoms with Gasteiger partial charge in [0.25, 0.3) is 0 Å². The number of anilines is 1. The van der Waals surface area contributed by atoms with E-state index in [2.05, 4.69) is 25.6 Å². The first-order valence-corrected chi connectivity index (χ1v) is 12.5. The molecule has 2 aromatic rings. The van der Waals surface area contributed by atoms with Gasteiger partial charge in [0, 0.05) is 13.2 Å². The molecule has 0 spiro atoms. The van der Waals surface area contributed by atoms with Crippen molar-refractivity contribution in [3.05, 3.63) is 5.28 Å². The smallest absolute Gasteiger partial charge is 0.356 e. The Morgan fingerprint density at radius 3 is 2.67 bits per heavy atom. The molecule has 4 rings (SSSR count). The second-order valence-electron chi connectivity index (χ2n) is 8.05. The third-order valence-corrected chi connectivity index (χ3v) is 6.93. The molecule has 5 N–H and O–H groups in total. The van der Waals surface area contributed by atoms with Crippen LogP contribution in [-0.4, -0.2) is 95.5 Å². The summed E-state index contributed by atoms with van der Waals surface area (Å²) in [5.41, 5.74) is 0.527. The van der Waals surface area contributed by atoms with Gasteiger partial charge in [0.2, 0.25) is 5.28 Å². The van der Waals surface area contributed by atoms with E-state index >= 15 is 0 Å². The van der Waals surface area contributed by atoms with Gasteiger partial charge < -0.3 is 39.5 Å². The molecule has 184 valence electrons. The van der Waals surface area contributed by atoms with Crippen LogP contribution in [0, 0.1) is 0 Å². The number of nitrogens with zero attached hydrogens (tertiary/aromatic N) is 5. The quantitative estimate of drug-likeness (QED) is 0.225. The highest BCUT2D eigenvalue weighted by molar-refractivity contribution is 7.52. The lowest BCUT2D eigenvalue weighted by Gasteiger charge is -2.21. The minimum Gasteiger partial charge on any atom is -0.387 e. The average Bonchev–Trinajstić information content (AvgIpc) is 3.46. The van der Waals surface area contributed by atoms with Gasteiger partial charge in [0.05, 0.1) is 13.2 Å². The molecule has 2 aromatic heterocycles. The summed E-state index contributed by atoms with van der Waals surface area (Å²) in [6.07, 6.45) is -0.959. The third-order valence-electron chi connectivity index (χ3n) is 5.71. The lowest BCUT2D eigenvalue weighted by Crippen LogP contribution is -2.35. The molecule has 2 fully saturated rings. The predicted octanol–water partition coefficient (Wildman–Crippen LogP) is 0.0152. The maximum Gasteiger partial charge on any atom is 0.356 e. The van der Waals surface area contributed by atoms with Gasteiger partial charge in [-0.05, 0) is 24.4 Å². The van der Waals surface area contributed by atoms with Crippen molar-refractivity contribution in [3.63, 3.8) is 0 Å². The topological polar surface area (TPSA) is 194 Å². The number of ether oxygens (including phenoxy) is 3. The standard InChI is InChI=1S/C17H26ClN6O8P/c1-30-7-10(33(27,28)29)31-6-9-12(25)13(26)16(32-9)24-15-11(22-23-24)14(20-17(18)21-15)19-8-4-2-3-5-8/h8-10,12-13,16,25-26H,2-7H2,1H3,(H,19,20,21)(H2,27,28,29). The minimum absolute atomic E-state index is 0.0523. The van der Waals surface area contributed by atoms with Crippen LogP contribution in [0.25, 0.3) is 11.2 Å². The second kappa shape index (κ2) is 10.0. The highest BCUT2D eigenvalue weighted by Crippen LogP contribution is 2.42. The number of aliphatic hydroxyl groups is 2. The predicted molar refractivity (Wildman–Crippen MR) is 114 cm³/mol. The molecule has 0 amide bonds. The van der Waals surface area contributed by atoms with Crippen LogP contribution in [0.2, 0.25) is 5.28 Å². The number of aliphatic hydroxyl groups excluding tert-OH is 2. The summed E-state index contributed by atoms with van der Waals surface area (Å²) in [7, 11) is -3.35. The number of halogens is 1. The van der Waals surface area contributed by atoms with Gasteiger partial charge in [-0.25, -0.2) is 0 Å². The van der Waals surface area contributed by atoms with Crippen molar-refractivity contribution in [1.29, 1.82) is 0 Å². The van der Waals surface area contributed by atoms with Crippen LogP contribution in [0.4, 0.5) is 5.82 Å². The zero-order valence-corrected chi connectivity index (χ0v) is 19.3. The van der Waals surface area contributed by atoms with Gasteiger partial charge in [0.15, 0.2) is 29.1 Å². The number of aromatic nitrogens is 5. The van der Waals surface area contributed by atoms with E-state index in [1.54, 1.807) is 0 Å². The second-order valence-corrected chi connectivity index (χ2v) is 10.1. The molecule has 1 aliphatic heterocycles. The van der Waals surface area contributed by atoms with Gasteiger partial charge in [-0.15, -0.1) is 5.10 Å². The fraction of sp³-hybridized carbons (Fsp3) is 0.765. The molecule has 16 heteroatoms. The fourth-order valence-corrected chi connectivity index (χ4v) is 4.79. The van der Waals surface area contributed by atoms with Gasteiger partial charge >= 0.3 is 7.60 Å². The summed E-state index contributed by atoms with van der Waals surface area (Å²) in [6, 6.07) is 0.232. The lowest BCUT2D eigenvalue weighted by atomic mass is 10.1. The molecular weight excluding hydrogens is 483 g/mol. The van der Waals surface area contributed by atoms with E-state index in [-0.39, 0.29) is 23.6 Å². The Hall–Kier alpha value is -1.48. The SMILES string of the molecule is COCC(OCC1OC(n2nnc3c(NC4CCCC4)nc(Cl)nc32)C(O)C1O)P(=O)(O)O. The van der Waals surface area contributed by atoms with E-state index < -0.39 is 44.6 Å². The zero-order valence-electron chi connectivity index (χ0n) is 17.7. The first-order chi connectivity index (χ1) is 15.7. The van der Waals surface area contributed by atoms with E-state index in [0.717, 1.165) is 25.7 Å². The summed E-state index contributed by atoms with van der Waals surface area (Å²) >= 11 is 6.11. The molecule has 1 saturated heterocycles. The summed E-state index contributed by atoms with van der Waals surface area (Å²) in [5, 5.41) is 32.4. The molecule has 1 saturated carbocycles. The maximum absolute atomic E-state index is 11.5. The Morgan fingerprint density at radius 1 is 1.27 bits per heavy atom. The van der Waals surface area contributed by atoms with Crippen LogP contribution < -0.4 is 5.32 Å². The van der Waals surface area contributed by atoms with Crippen LogP contribution in [0.5, 0.6) is 0 Å². The minimum atomic E-state index is -4.62. The fourth-order valence-electron chi connectivity index (χ4n) is 4.00. The van der Waals surface area contributed by atoms with Crippen molar-refractivity contribution in [1.82, 2.24) is 25.0 Å². The number of hydrogen-bond acceptors (Lipinski definition) is 11. The number of rotatable bonds is 9. The molecule has 2 aliphatic rings. The van der Waals surface area contributed by atoms with Crippen molar-refractivity contribution >= 4 is 36.2 Å². The van der Waals surface area contributed by atoms with Crippen LogP contribution >= 0.6 is 19.2 Å². The summed E-state index contributed by atoms with van der Waals surface area (Å²) < 4.78 is 28.4. The van der Waals surface area contributed by atoms with Crippen molar-refractivity contribution < 1.29 is 38.8 Å². The van der Waals surface area contributed by atoms with Crippen LogP contribution in [-0.2, 0) is 18.8 Å². The number of nitrogens with one attached hydrogen (secondary N) is 1. The van der Waals surface area contributed by atoms with E-state index in [1.165, 1.54) is 11.8 Å². The van der Waals surface area contributed by atoms with Gasteiger partial charge in [-0.3, -0.25) is 4.57 Å². The van der Waals surface area contributed by atoms with Crippen LogP contribution in [0.15, 0.2) is 0 Å². The van der Waals surface area contributed by atoms with Crippen LogP contribution in [0.1, 0.15) is 31.9 Å². The normalized spacial score (nSPS) is 27.5. The monoisotopic (exact) mass is 508 g/mol. The Balaban J connectivity index is 1.53. The molecule has 3 heterocycles. The molecule has 0 radical (unpaired) electrons. The first kappa shape index (κ1) is 24.6. The van der Waals surface area contributed by atoms with Gasteiger partial charge in [0.1, 0.15) is 18.3 Å². The van der Waals surface area contributed by atoms with E-state index in [1.807, 2.05) is 0 Å². The molecule has 5 unspecified atom stereocenters. The van der Waals surface area contributed by atoms with E-state index in [9.17, 15) is 24.6 Å². The zero-order chi connectivity index (χ0) is 23.8. The molecular formula is C17H26ClN6O8P. The molecule has 1 aliphatic carbocycles. The van der Waals surface area contributed by atoms with Crippen molar-refractivity contribution in [3.8, 4) is 0 Å². The lowest BCUT2D eigenvalue weighted by molar-refractivity contribution is -0.0830. The molecule has 0 bridgehead atoms. The average molecular weight is 509 g/mol. The highest BCUT2D eigenvalue weighted by atomic mass is 35.5. The van der Waals surface area contributed by atoms with E-state index in [4.69, 9.17) is 25.8 Å². The molecule has 0 aromatic carbocycles. The number of hydrogen-bond donors (Lipinski definition) is 5. The highest BCUT2D eigenvalue weighted by Gasteiger charge is 2.46. The molecule has 33 heavy (non-hydrogen) atoms. The Bertz CT molecular complexity index is 1020. The summed E-state index contributed by atoms with van der Waals surface area (Å²) in [4.78, 5) is 27.1. The summed E-state index contributed by atoms with van der Waals surface area (Å²) in [5.74, 6) is -1.13. The third kappa shape index (κ3) is 5.29. The number of methoxy groups -OCH3 is 1. The Kier molecular flexibility index (Phi) is 7.48. The van der Waals surface area contributed by atoms with Crippen molar-refractivity contribution in [2.75, 3.05) is 25.6 Å². The van der Waals surface area contributed by atoms with Crippen molar-refractivity contribution in [2.24, 2.45) is 0 Å². The van der Waals surface area contributed by atoms with Crippen LogP contribution in [0.3, 0.4) is 0 Å².